The molecule has 1 aromatic carbocycles. The first kappa shape index (κ1) is 13.1. The van der Waals surface area contributed by atoms with Gasteiger partial charge in [-0.3, -0.25) is 9.36 Å². The van der Waals surface area contributed by atoms with Crippen LogP contribution in [0.3, 0.4) is 0 Å². The SMILES string of the molecule is Cc1nc(Nc2ccc(Cl)cc2)c(Br)c(=O)n1C. The van der Waals surface area contributed by atoms with Crippen LogP contribution < -0.4 is 10.9 Å². The Morgan fingerprint density at radius 3 is 2.56 bits per heavy atom. The number of hydrogen-bond donors (Lipinski definition) is 1. The molecule has 0 aliphatic rings. The van der Waals surface area contributed by atoms with Gasteiger partial charge in [0, 0.05) is 17.8 Å². The maximum absolute atomic E-state index is 11.9. The third-order valence-corrected chi connectivity index (χ3v) is 3.53. The minimum absolute atomic E-state index is 0.126. The molecule has 1 aromatic heterocycles. The van der Waals surface area contributed by atoms with Crippen LogP contribution in [0.2, 0.25) is 5.02 Å². The molecule has 6 heteroatoms. The van der Waals surface area contributed by atoms with Gasteiger partial charge in [-0.15, -0.1) is 0 Å². The number of anilines is 2. The molecule has 18 heavy (non-hydrogen) atoms. The second kappa shape index (κ2) is 5.12. The molecular formula is C12H11BrClN3O. The maximum Gasteiger partial charge on any atom is 0.269 e. The lowest BCUT2D eigenvalue weighted by molar-refractivity contribution is 0.771. The normalized spacial score (nSPS) is 10.4. The Labute approximate surface area is 118 Å². The van der Waals surface area contributed by atoms with Gasteiger partial charge in [-0.1, -0.05) is 11.6 Å². The number of aromatic nitrogens is 2. The molecule has 94 valence electrons. The molecule has 1 N–H and O–H groups in total. The molecule has 0 amide bonds. The summed E-state index contributed by atoms with van der Waals surface area (Å²) in [6, 6.07) is 7.18. The van der Waals surface area contributed by atoms with Crippen molar-refractivity contribution in [2.24, 2.45) is 7.05 Å². The summed E-state index contributed by atoms with van der Waals surface area (Å²) in [6.45, 7) is 1.78. The van der Waals surface area contributed by atoms with Crippen molar-refractivity contribution in [3.8, 4) is 0 Å². The predicted molar refractivity (Wildman–Crippen MR) is 76.6 cm³/mol. The minimum atomic E-state index is -0.126. The van der Waals surface area contributed by atoms with E-state index in [1.54, 1.807) is 26.1 Å². The zero-order valence-electron chi connectivity index (χ0n) is 9.87. The van der Waals surface area contributed by atoms with Crippen molar-refractivity contribution in [3.05, 3.63) is 49.9 Å². The zero-order chi connectivity index (χ0) is 13.3. The molecule has 2 rings (SSSR count). The quantitative estimate of drug-likeness (QED) is 0.920. The molecule has 0 saturated heterocycles. The van der Waals surface area contributed by atoms with Crippen molar-refractivity contribution < 1.29 is 0 Å². The molecule has 0 fully saturated rings. The fourth-order valence-electron chi connectivity index (χ4n) is 1.43. The van der Waals surface area contributed by atoms with Crippen LogP contribution in [-0.4, -0.2) is 9.55 Å². The average molecular weight is 329 g/mol. The van der Waals surface area contributed by atoms with Crippen molar-refractivity contribution in [2.45, 2.75) is 6.92 Å². The fourth-order valence-corrected chi connectivity index (χ4v) is 2.01. The molecule has 0 aliphatic heterocycles. The second-order valence-corrected chi connectivity index (χ2v) is 5.05. The predicted octanol–water partition coefficient (Wildman–Crippen LogP) is 3.25. The Bertz CT molecular complexity index is 637. The molecule has 0 aliphatic carbocycles. The Kier molecular flexibility index (Phi) is 3.73. The second-order valence-electron chi connectivity index (χ2n) is 3.82. The first-order valence-electron chi connectivity index (χ1n) is 5.25. The van der Waals surface area contributed by atoms with E-state index in [9.17, 15) is 4.79 Å². The van der Waals surface area contributed by atoms with Crippen LogP contribution in [0.4, 0.5) is 11.5 Å². The Morgan fingerprint density at radius 2 is 1.94 bits per heavy atom. The third kappa shape index (κ3) is 2.57. The monoisotopic (exact) mass is 327 g/mol. The standard InChI is InChI=1S/C12H11BrClN3O/c1-7-15-11(10(13)12(18)17(7)2)16-9-5-3-8(14)4-6-9/h3-6,16H,1-2H3. The highest BCUT2D eigenvalue weighted by molar-refractivity contribution is 9.10. The Morgan fingerprint density at radius 1 is 1.33 bits per heavy atom. The largest absolute Gasteiger partial charge is 0.339 e. The van der Waals surface area contributed by atoms with Gasteiger partial charge in [0.15, 0.2) is 5.82 Å². The number of nitrogens with one attached hydrogen (secondary N) is 1. The van der Waals surface area contributed by atoms with E-state index < -0.39 is 0 Å². The Hall–Kier alpha value is -1.33. The van der Waals surface area contributed by atoms with E-state index in [0.29, 0.717) is 21.1 Å². The highest BCUT2D eigenvalue weighted by Crippen LogP contribution is 2.22. The first-order valence-corrected chi connectivity index (χ1v) is 6.42. The van der Waals surface area contributed by atoms with Gasteiger partial charge in [0.05, 0.1) is 0 Å². The molecule has 1 heterocycles. The van der Waals surface area contributed by atoms with Crippen LogP contribution in [0.25, 0.3) is 0 Å². The summed E-state index contributed by atoms with van der Waals surface area (Å²) < 4.78 is 1.89. The van der Waals surface area contributed by atoms with Gasteiger partial charge in [-0.2, -0.15) is 0 Å². The van der Waals surface area contributed by atoms with Gasteiger partial charge in [-0.05, 0) is 47.1 Å². The molecule has 0 saturated carbocycles. The number of aryl methyl sites for hydroxylation is 1. The van der Waals surface area contributed by atoms with Gasteiger partial charge in [0.1, 0.15) is 10.3 Å². The number of nitrogens with zero attached hydrogens (tertiary/aromatic N) is 2. The lowest BCUT2D eigenvalue weighted by atomic mass is 10.3. The van der Waals surface area contributed by atoms with Gasteiger partial charge >= 0.3 is 0 Å². The van der Waals surface area contributed by atoms with Crippen LogP contribution >= 0.6 is 27.5 Å². The topological polar surface area (TPSA) is 46.9 Å². The zero-order valence-corrected chi connectivity index (χ0v) is 12.2. The first-order chi connectivity index (χ1) is 8.49. The van der Waals surface area contributed by atoms with E-state index in [0.717, 1.165) is 5.69 Å². The van der Waals surface area contributed by atoms with Gasteiger partial charge in [-0.25, -0.2) is 4.98 Å². The van der Waals surface area contributed by atoms with Crippen LogP contribution in [0.1, 0.15) is 5.82 Å². The summed E-state index contributed by atoms with van der Waals surface area (Å²) in [5, 5.41) is 3.74. The van der Waals surface area contributed by atoms with Gasteiger partial charge < -0.3 is 5.32 Å². The maximum atomic E-state index is 11.9. The van der Waals surface area contributed by atoms with Crippen molar-refractivity contribution in [3.63, 3.8) is 0 Å². The highest BCUT2D eigenvalue weighted by atomic mass is 79.9. The lowest BCUT2D eigenvalue weighted by Crippen LogP contribution is -2.22. The van der Waals surface area contributed by atoms with Gasteiger partial charge in [0.25, 0.3) is 5.56 Å². The highest BCUT2D eigenvalue weighted by Gasteiger charge is 2.10. The van der Waals surface area contributed by atoms with E-state index >= 15 is 0 Å². The van der Waals surface area contributed by atoms with E-state index in [1.807, 2.05) is 12.1 Å². The summed E-state index contributed by atoms with van der Waals surface area (Å²) in [4.78, 5) is 16.2. The van der Waals surface area contributed by atoms with Gasteiger partial charge in [0.2, 0.25) is 0 Å². The van der Waals surface area contributed by atoms with E-state index in [-0.39, 0.29) is 5.56 Å². The summed E-state index contributed by atoms with van der Waals surface area (Å²) in [5.74, 6) is 1.14. The summed E-state index contributed by atoms with van der Waals surface area (Å²) in [5.41, 5.74) is 0.694. The molecule has 0 bridgehead atoms. The number of halogens is 2. The van der Waals surface area contributed by atoms with Crippen LogP contribution in [0, 0.1) is 6.92 Å². The Balaban J connectivity index is 2.41. The fraction of sp³-hybridized carbons (Fsp3) is 0.167. The molecule has 0 atom stereocenters. The third-order valence-electron chi connectivity index (χ3n) is 2.57. The van der Waals surface area contributed by atoms with Crippen molar-refractivity contribution in [2.75, 3.05) is 5.32 Å². The van der Waals surface area contributed by atoms with Crippen molar-refractivity contribution in [1.29, 1.82) is 0 Å². The molecule has 0 spiro atoms. The number of rotatable bonds is 2. The lowest BCUT2D eigenvalue weighted by Gasteiger charge is -2.10. The van der Waals surface area contributed by atoms with E-state index in [2.05, 4.69) is 26.2 Å². The molecule has 0 unspecified atom stereocenters. The number of benzene rings is 1. The summed E-state index contributed by atoms with van der Waals surface area (Å²) >= 11 is 9.06. The van der Waals surface area contributed by atoms with Crippen LogP contribution in [0.5, 0.6) is 0 Å². The molecule has 4 nitrogen and oxygen atoms in total. The number of hydrogen-bond acceptors (Lipinski definition) is 3. The molecule has 2 aromatic rings. The van der Waals surface area contributed by atoms with Crippen molar-refractivity contribution >= 4 is 39.0 Å². The average Bonchev–Trinajstić information content (AvgIpc) is 2.36. The van der Waals surface area contributed by atoms with E-state index in [1.165, 1.54) is 4.57 Å². The summed E-state index contributed by atoms with van der Waals surface area (Å²) in [7, 11) is 1.68. The minimum Gasteiger partial charge on any atom is -0.339 e. The molecule has 0 radical (unpaired) electrons. The smallest absolute Gasteiger partial charge is 0.269 e. The molecular weight excluding hydrogens is 318 g/mol. The summed E-state index contributed by atoms with van der Waals surface area (Å²) in [6.07, 6.45) is 0. The van der Waals surface area contributed by atoms with Crippen LogP contribution in [0.15, 0.2) is 33.5 Å². The van der Waals surface area contributed by atoms with Crippen LogP contribution in [-0.2, 0) is 7.05 Å². The van der Waals surface area contributed by atoms with E-state index in [4.69, 9.17) is 11.6 Å². The van der Waals surface area contributed by atoms with Crippen molar-refractivity contribution in [1.82, 2.24) is 9.55 Å².